The summed E-state index contributed by atoms with van der Waals surface area (Å²) in [5.41, 5.74) is 2.50. The highest BCUT2D eigenvalue weighted by molar-refractivity contribution is 7.17. The van der Waals surface area contributed by atoms with Crippen molar-refractivity contribution in [1.82, 2.24) is 25.3 Å². The Hall–Kier alpha value is -3.46. The number of pyridine rings is 2. The molecule has 7 nitrogen and oxygen atoms in total. The van der Waals surface area contributed by atoms with E-state index >= 15 is 0 Å². The summed E-state index contributed by atoms with van der Waals surface area (Å²) in [5, 5.41) is 7.85. The Kier molecular flexibility index (Phi) is 5.39. The molecule has 0 radical (unpaired) electrons. The summed E-state index contributed by atoms with van der Waals surface area (Å²) in [6.45, 7) is 2.12. The molecule has 0 spiro atoms. The van der Waals surface area contributed by atoms with Gasteiger partial charge in [-0.3, -0.25) is 14.8 Å². The Balaban J connectivity index is 1.56. The van der Waals surface area contributed by atoms with Crippen molar-refractivity contribution < 1.29 is 9.18 Å². The molecule has 4 aromatic heterocycles. The second kappa shape index (κ2) is 8.27. The van der Waals surface area contributed by atoms with Crippen molar-refractivity contribution in [3.63, 3.8) is 0 Å². The number of thiophene rings is 1. The number of halogens is 1. The number of hydrogen-bond acceptors (Lipinski definition) is 7. The molecule has 29 heavy (non-hydrogen) atoms. The number of carbonyl (C=O) groups is 1. The first-order valence-corrected chi connectivity index (χ1v) is 9.77. The molecule has 4 heterocycles. The van der Waals surface area contributed by atoms with Crippen molar-refractivity contribution in [2.75, 3.05) is 5.32 Å². The maximum atomic E-state index is 13.3. The van der Waals surface area contributed by atoms with Gasteiger partial charge in [0.2, 0.25) is 5.95 Å². The van der Waals surface area contributed by atoms with Crippen molar-refractivity contribution in [3.05, 3.63) is 77.1 Å². The highest BCUT2D eigenvalue weighted by atomic mass is 32.1. The molecule has 0 saturated heterocycles. The lowest BCUT2D eigenvalue weighted by Gasteiger charge is -2.14. The van der Waals surface area contributed by atoms with E-state index in [0.717, 1.165) is 11.8 Å². The number of nitrogens with zero attached hydrogens (tertiary/aromatic N) is 4. The lowest BCUT2D eigenvalue weighted by Crippen LogP contribution is -2.25. The number of carbonyl (C=O) groups excluding carboxylic acids is 1. The second-order valence-electron chi connectivity index (χ2n) is 6.38. The highest BCUT2D eigenvalue weighted by Gasteiger charge is 2.17. The quantitative estimate of drug-likeness (QED) is 0.505. The van der Waals surface area contributed by atoms with E-state index in [-0.39, 0.29) is 24.2 Å². The molecule has 1 amide bonds. The Bertz CT molecular complexity index is 1150. The van der Waals surface area contributed by atoms with Crippen molar-refractivity contribution in [3.8, 4) is 0 Å². The fourth-order valence-electron chi connectivity index (χ4n) is 2.81. The monoisotopic (exact) mass is 408 g/mol. The van der Waals surface area contributed by atoms with E-state index in [1.165, 1.54) is 23.6 Å². The molecule has 0 unspecified atom stereocenters. The number of aromatic nitrogens is 4. The molecule has 2 N–H and O–H groups in total. The SMILES string of the molecule is C[C@H](Nc1nc(C(=O)NCc2cncc(F)c2)c2sccc2n1)c1cccnc1. The molecular weight excluding hydrogens is 391 g/mol. The van der Waals surface area contributed by atoms with Gasteiger partial charge in [-0.2, -0.15) is 0 Å². The fraction of sp³-hybridized carbons (Fsp3) is 0.150. The van der Waals surface area contributed by atoms with Crippen LogP contribution in [-0.4, -0.2) is 25.8 Å². The van der Waals surface area contributed by atoms with E-state index in [2.05, 4.69) is 30.6 Å². The Labute approximate surface area is 170 Å². The second-order valence-corrected chi connectivity index (χ2v) is 7.29. The predicted molar refractivity (Wildman–Crippen MR) is 109 cm³/mol. The molecular formula is C20H17FN6OS. The van der Waals surface area contributed by atoms with Crippen LogP contribution in [0.1, 0.15) is 34.6 Å². The zero-order valence-corrected chi connectivity index (χ0v) is 16.3. The third-order valence-electron chi connectivity index (χ3n) is 4.26. The largest absolute Gasteiger partial charge is 0.348 e. The molecule has 1 atom stereocenters. The summed E-state index contributed by atoms with van der Waals surface area (Å²) in [4.78, 5) is 29.6. The van der Waals surface area contributed by atoms with Gasteiger partial charge in [0.05, 0.1) is 22.5 Å². The van der Waals surface area contributed by atoms with Gasteiger partial charge in [0.15, 0.2) is 5.69 Å². The summed E-state index contributed by atoms with van der Waals surface area (Å²) in [5.74, 6) is -0.457. The lowest BCUT2D eigenvalue weighted by atomic mass is 10.1. The van der Waals surface area contributed by atoms with E-state index in [1.807, 2.05) is 30.5 Å². The topological polar surface area (TPSA) is 92.7 Å². The number of amides is 1. The van der Waals surface area contributed by atoms with Gasteiger partial charge < -0.3 is 10.6 Å². The van der Waals surface area contributed by atoms with Crippen molar-refractivity contribution in [1.29, 1.82) is 0 Å². The van der Waals surface area contributed by atoms with Crippen LogP contribution < -0.4 is 10.6 Å². The van der Waals surface area contributed by atoms with E-state index in [0.29, 0.717) is 21.7 Å². The number of fused-ring (bicyclic) bond motifs is 1. The molecule has 0 saturated carbocycles. The maximum Gasteiger partial charge on any atom is 0.271 e. The average Bonchev–Trinajstić information content (AvgIpc) is 3.20. The summed E-state index contributed by atoms with van der Waals surface area (Å²) in [6, 6.07) is 6.89. The first-order valence-electron chi connectivity index (χ1n) is 8.89. The standard InChI is InChI=1S/C20H17FN6OS/c1-12(14-3-2-5-22-10-14)25-20-26-16-4-6-29-18(16)17(27-20)19(28)24-9-13-7-15(21)11-23-8-13/h2-8,10-12H,9H2,1H3,(H,24,28)(H,25,26,27)/t12-/m0/s1. The summed E-state index contributed by atoms with van der Waals surface area (Å²) in [6.07, 6.45) is 6.10. The van der Waals surface area contributed by atoms with Gasteiger partial charge in [-0.1, -0.05) is 6.07 Å². The summed E-state index contributed by atoms with van der Waals surface area (Å²) >= 11 is 1.39. The smallest absolute Gasteiger partial charge is 0.271 e. The molecule has 9 heteroatoms. The summed E-state index contributed by atoms with van der Waals surface area (Å²) < 4.78 is 14.0. The Morgan fingerprint density at radius 2 is 2.10 bits per heavy atom. The van der Waals surface area contributed by atoms with Gasteiger partial charge in [-0.15, -0.1) is 11.3 Å². The highest BCUT2D eigenvalue weighted by Crippen LogP contribution is 2.25. The van der Waals surface area contributed by atoms with Gasteiger partial charge in [0.1, 0.15) is 5.82 Å². The average molecular weight is 408 g/mol. The molecule has 0 aliphatic carbocycles. The normalized spacial score (nSPS) is 11.9. The first-order chi connectivity index (χ1) is 14.1. The van der Waals surface area contributed by atoms with Crippen molar-refractivity contribution in [2.45, 2.75) is 19.5 Å². The van der Waals surface area contributed by atoms with E-state index in [1.54, 1.807) is 12.4 Å². The van der Waals surface area contributed by atoms with Gasteiger partial charge in [-0.05, 0) is 41.6 Å². The molecule has 0 aliphatic heterocycles. The third kappa shape index (κ3) is 4.35. The molecule has 0 fully saturated rings. The van der Waals surface area contributed by atoms with E-state index < -0.39 is 5.82 Å². The van der Waals surface area contributed by atoms with Crippen LogP contribution in [0, 0.1) is 5.82 Å². The van der Waals surface area contributed by atoms with Gasteiger partial charge in [-0.25, -0.2) is 14.4 Å². The van der Waals surface area contributed by atoms with Crippen molar-refractivity contribution >= 4 is 33.4 Å². The van der Waals surface area contributed by atoms with E-state index in [4.69, 9.17) is 0 Å². The predicted octanol–water partition coefficient (Wildman–Crippen LogP) is 3.72. The van der Waals surface area contributed by atoms with E-state index in [9.17, 15) is 9.18 Å². The lowest BCUT2D eigenvalue weighted by molar-refractivity contribution is 0.0948. The number of hydrogen-bond donors (Lipinski definition) is 2. The molecule has 0 bridgehead atoms. The van der Waals surface area contributed by atoms with Crippen LogP contribution in [0.5, 0.6) is 0 Å². The minimum absolute atomic E-state index is 0.0888. The Morgan fingerprint density at radius 3 is 2.90 bits per heavy atom. The molecule has 0 aliphatic rings. The fourth-order valence-corrected chi connectivity index (χ4v) is 3.63. The Morgan fingerprint density at radius 1 is 1.21 bits per heavy atom. The zero-order chi connectivity index (χ0) is 20.2. The van der Waals surface area contributed by atoms with Gasteiger partial charge in [0, 0.05) is 25.1 Å². The minimum atomic E-state index is -0.449. The van der Waals surface area contributed by atoms with Crippen LogP contribution in [0.15, 0.2) is 54.4 Å². The van der Waals surface area contributed by atoms with Crippen LogP contribution in [0.4, 0.5) is 10.3 Å². The number of rotatable bonds is 6. The van der Waals surface area contributed by atoms with Crippen molar-refractivity contribution in [2.24, 2.45) is 0 Å². The third-order valence-corrected chi connectivity index (χ3v) is 5.17. The van der Waals surface area contributed by atoms with Crippen LogP contribution in [-0.2, 0) is 6.54 Å². The molecule has 4 aromatic rings. The molecule has 4 rings (SSSR count). The maximum absolute atomic E-state index is 13.3. The first kappa shape index (κ1) is 18.9. The number of anilines is 1. The van der Waals surface area contributed by atoms with Crippen LogP contribution in [0.25, 0.3) is 10.2 Å². The van der Waals surface area contributed by atoms with Gasteiger partial charge in [0.25, 0.3) is 5.91 Å². The minimum Gasteiger partial charge on any atom is -0.348 e. The summed E-state index contributed by atoms with van der Waals surface area (Å²) in [7, 11) is 0. The zero-order valence-electron chi connectivity index (χ0n) is 15.5. The van der Waals surface area contributed by atoms with Crippen LogP contribution in [0.2, 0.25) is 0 Å². The molecule has 0 aromatic carbocycles. The van der Waals surface area contributed by atoms with Crippen LogP contribution in [0.3, 0.4) is 0 Å². The number of nitrogens with one attached hydrogen (secondary N) is 2. The molecule has 146 valence electrons. The van der Waals surface area contributed by atoms with Crippen LogP contribution >= 0.6 is 11.3 Å². The van der Waals surface area contributed by atoms with Gasteiger partial charge >= 0.3 is 0 Å².